The van der Waals surface area contributed by atoms with Crippen molar-refractivity contribution in [3.63, 3.8) is 0 Å². The first-order valence-electron chi connectivity index (χ1n) is 5.08. The SMILES string of the molecule is CC(C)(C)OC(=O)N1CC=C[C@]1(C)C(=O)O. The lowest BCUT2D eigenvalue weighted by atomic mass is 10.0. The second kappa shape index (κ2) is 3.81. The van der Waals surface area contributed by atoms with Crippen LogP contribution >= 0.6 is 0 Å². The van der Waals surface area contributed by atoms with E-state index in [4.69, 9.17) is 9.84 Å². The number of nitrogens with zero attached hydrogens (tertiary/aromatic N) is 1. The normalized spacial score (nSPS) is 24.6. The highest BCUT2D eigenvalue weighted by Gasteiger charge is 2.44. The summed E-state index contributed by atoms with van der Waals surface area (Å²) in [6.45, 7) is 6.96. The summed E-state index contributed by atoms with van der Waals surface area (Å²) < 4.78 is 5.15. The Morgan fingerprint density at radius 1 is 1.44 bits per heavy atom. The van der Waals surface area contributed by atoms with E-state index in [1.165, 1.54) is 17.9 Å². The number of carbonyl (C=O) groups excluding carboxylic acids is 1. The molecule has 0 aliphatic carbocycles. The number of rotatable bonds is 1. The third-order valence-electron chi connectivity index (χ3n) is 2.34. The van der Waals surface area contributed by atoms with E-state index in [0.29, 0.717) is 0 Å². The fraction of sp³-hybridized carbons (Fsp3) is 0.636. The van der Waals surface area contributed by atoms with Gasteiger partial charge in [-0.2, -0.15) is 0 Å². The monoisotopic (exact) mass is 227 g/mol. The first-order valence-corrected chi connectivity index (χ1v) is 5.08. The van der Waals surface area contributed by atoms with E-state index in [9.17, 15) is 9.59 Å². The molecule has 1 aliphatic heterocycles. The number of amides is 1. The van der Waals surface area contributed by atoms with Gasteiger partial charge < -0.3 is 9.84 Å². The van der Waals surface area contributed by atoms with Crippen molar-refractivity contribution in [2.45, 2.75) is 38.8 Å². The lowest BCUT2D eigenvalue weighted by Gasteiger charge is -2.32. The van der Waals surface area contributed by atoms with Gasteiger partial charge in [-0.3, -0.25) is 4.90 Å². The molecule has 5 heteroatoms. The van der Waals surface area contributed by atoms with E-state index in [-0.39, 0.29) is 6.54 Å². The first kappa shape index (κ1) is 12.5. The number of aliphatic carboxylic acids is 1. The van der Waals surface area contributed by atoms with Crippen molar-refractivity contribution in [2.24, 2.45) is 0 Å². The van der Waals surface area contributed by atoms with Gasteiger partial charge in [0.15, 0.2) is 5.54 Å². The molecule has 0 saturated carbocycles. The Bertz CT molecular complexity index is 342. The Balaban J connectivity index is 2.83. The van der Waals surface area contributed by atoms with Crippen molar-refractivity contribution in [3.8, 4) is 0 Å². The molecule has 0 aromatic carbocycles. The summed E-state index contributed by atoms with van der Waals surface area (Å²) >= 11 is 0. The zero-order valence-electron chi connectivity index (χ0n) is 9.98. The molecule has 0 spiro atoms. The van der Waals surface area contributed by atoms with Crippen molar-refractivity contribution in [1.29, 1.82) is 0 Å². The molecule has 1 rings (SSSR count). The average molecular weight is 227 g/mol. The molecule has 0 radical (unpaired) electrons. The maximum Gasteiger partial charge on any atom is 0.411 e. The Labute approximate surface area is 94.7 Å². The molecular formula is C11H17NO4. The van der Waals surface area contributed by atoms with E-state index in [1.54, 1.807) is 26.8 Å². The minimum absolute atomic E-state index is 0.262. The Kier molecular flexibility index (Phi) is 2.99. The quantitative estimate of drug-likeness (QED) is 0.691. The van der Waals surface area contributed by atoms with Crippen molar-refractivity contribution in [1.82, 2.24) is 4.90 Å². The molecule has 1 heterocycles. The number of hydrogen-bond acceptors (Lipinski definition) is 3. The van der Waals surface area contributed by atoms with Crippen LogP contribution in [-0.2, 0) is 9.53 Å². The maximum absolute atomic E-state index is 11.8. The Hall–Kier alpha value is -1.52. The van der Waals surface area contributed by atoms with Gasteiger partial charge in [0.1, 0.15) is 5.60 Å². The van der Waals surface area contributed by atoms with Crippen LogP contribution in [0.25, 0.3) is 0 Å². The Morgan fingerprint density at radius 3 is 2.44 bits per heavy atom. The van der Waals surface area contributed by atoms with Crippen LogP contribution in [0.5, 0.6) is 0 Å². The molecule has 0 unspecified atom stereocenters. The highest BCUT2D eigenvalue weighted by molar-refractivity contribution is 5.87. The molecule has 16 heavy (non-hydrogen) atoms. The van der Waals surface area contributed by atoms with E-state index in [1.807, 2.05) is 0 Å². The van der Waals surface area contributed by atoms with Gasteiger partial charge in [-0.1, -0.05) is 12.2 Å². The van der Waals surface area contributed by atoms with Crippen molar-refractivity contribution in [3.05, 3.63) is 12.2 Å². The highest BCUT2D eigenvalue weighted by Crippen LogP contribution is 2.25. The predicted molar refractivity (Wildman–Crippen MR) is 58.1 cm³/mol. The molecule has 1 atom stereocenters. The topological polar surface area (TPSA) is 66.8 Å². The van der Waals surface area contributed by atoms with Crippen molar-refractivity contribution in [2.75, 3.05) is 6.54 Å². The highest BCUT2D eigenvalue weighted by atomic mass is 16.6. The molecule has 0 bridgehead atoms. The predicted octanol–water partition coefficient (Wildman–Crippen LogP) is 1.64. The number of hydrogen-bond donors (Lipinski definition) is 1. The van der Waals surface area contributed by atoms with E-state index in [0.717, 1.165) is 0 Å². The number of carboxylic acids is 1. The lowest BCUT2D eigenvalue weighted by Crippen LogP contribution is -2.52. The molecular weight excluding hydrogens is 210 g/mol. The minimum Gasteiger partial charge on any atom is -0.479 e. The van der Waals surface area contributed by atoms with Crippen LogP contribution in [0, 0.1) is 0 Å². The maximum atomic E-state index is 11.8. The van der Waals surface area contributed by atoms with Gasteiger partial charge in [-0.05, 0) is 27.7 Å². The zero-order valence-corrected chi connectivity index (χ0v) is 9.98. The molecule has 1 N–H and O–H groups in total. The molecule has 90 valence electrons. The van der Waals surface area contributed by atoms with Crippen molar-refractivity contribution >= 4 is 12.1 Å². The third-order valence-corrected chi connectivity index (χ3v) is 2.34. The van der Waals surface area contributed by atoms with Gasteiger partial charge in [-0.15, -0.1) is 0 Å². The molecule has 1 aliphatic rings. The van der Waals surface area contributed by atoms with Gasteiger partial charge in [0.05, 0.1) is 0 Å². The molecule has 0 saturated heterocycles. The van der Waals surface area contributed by atoms with Crippen LogP contribution < -0.4 is 0 Å². The average Bonchev–Trinajstić information content (AvgIpc) is 2.45. The van der Waals surface area contributed by atoms with E-state index >= 15 is 0 Å². The van der Waals surface area contributed by atoms with Gasteiger partial charge in [-0.25, -0.2) is 9.59 Å². The van der Waals surface area contributed by atoms with Crippen LogP contribution in [0.3, 0.4) is 0 Å². The van der Waals surface area contributed by atoms with Gasteiger partial charge in [0.25, 0.3) is 0 Å². The number of carbonyl (C=O) groups is 2. The third kappa shape index (κ3) is 2.35. The fourth-order valence-corrected chi connectivity index (χ4v) is 1.44. The van der Waals surface area contributed by atoms with Crippen molar-refractivity contribution < 1.29 is 19.4 Å². The molecule has 5 nitrogen and oxygen atoms in total. The van der Waals surface area contributed by atoms with E-state index < -0.39 is 23.2 Å². The second-order valence-corrected chi connectivity index (χ2v) is 4.95. The Morgan fingerprint density at radius 2 is 2.00 bits per heavy atom. The molecule has 1 amide bonds. The van der Waals surface area contributed by atoms with Gasteiger partial charge >= 0.3 is 12.1 Å². The molecule has 0 aromatic heterocycles. The summed E-state index contributed by atoms with van der Waals surface area (Å²) in [6.07, 6.45) is 2.54. The largest absolute Gasteiger partial charge is 0.479 e. The van der Waals surface area contributed by atoms with Gasteiger partial charge in [0, 0.05) is 6.54 Å². The first-order chi connectivity index (χ1) is 7.17. The van der Waals surface area contributed by atoms with Crippen LogP contribution in [0.1, 0.15) is 27.7 Å². The lowest BCUT2D eigenvalue weighted by molar-refractivity contribution is -0.146. The van der Waals surface area contributed by atoms with Gasteiger partial charge in [0.2, 0.25) is 0 Å². The summed E-state index contributed by atoms with van der Waals surface area (Å²) in [5.41, 5.74) is -1.93. The summed E-state index contributed by atoms with van der Waals surface area (Å²) in [5.74, 6) is -1.06. The zero-order chi connectivity index (χ0) is 12.6. The summed E-state index contributed by atoms with van der Waals surface area (Å²) in [4.78, 5) is 24.1. The summed E-state index contributed by atoms with van der Waals surface area (Å²) in [7, 11) is 0. The smallest absolute Gasteiger partial charge is 0.411 e. The summed E-state index contributed by atoms with van der Waals surface area (Å²) in [6, 6.07) is 0. The number of ether oxygens (including phenoxy) is 1. The molecule has 0 fully saturated rings. The van der Waals surface area contributed by atoms with Crippen LogP contribution in [-0.4, -0.2) is 39.8 Å². The van der Waals surface area contributed by atoms with Crippen LogP contribution in [0.15, 0.2) is 12.2 Å². The van der Waals surface area contributed by atoms with Crippen LogP contribution in [0.2, 0.25) is 0 Å². The number of carboxylic acid groups (broad SMARTS) is 1. The summed E-state index contributed by atoms with van der Waals surface area (Å²) in [5, 5.41) is 9.09. The molecule has 0 aromatic rings. The van der Waals surface area contributed by atoms with Crippen LogP contribution in [0.4, 0.5) is 4.79 Å². The standard InChI is InChI=1S/C11H17NO4/c1-10(2,3)16-9(15)12-7-5-6-11(12,4)8(13)14/h5-6H,7H2,1-4H3,(H,13,14)/t11-/m1/s1. The second-order valence-electron chi connectivity index (χ2n) is 4.95. The van der Waals surface area contributed by atoms with E-state index in [2.05, 4.69) is 0 Å². The minimum atomic E-state index is -1.30. The fourth-order valence-electron chi connectivity index (χ4n) is 1.44.